The van der Waals surface area contributed by atoms with Crippen LogP contribution in [0, 0.1) is 0 Å². The van der Waals surface area contributed by atoms with Crippen molar-refractivity contribution >= 4 is 6.08 Å². The number of rotatable bonds is 1. The Hall–Kier alpha value is -1.90. The van der Waals surface area contributed by atoms with Crippen LogP contribution in [-0.2, 0) is 9.47 Å². The maximum Gasteiger partial charge on any atom is 0.245 e. The van der Waals surface area contributed by atoms with Crippen molar-refractivity contribution < 1.29 is 13.9 Å². The molecule has 0 amide bonds. The molecule has 0 N–H and O–H groups in total. The lowest BCUT2D eigenvalue weighted by Crippen LogP contribution is -2.32. The van der Waals surface area contributed by atoms with Crippen LogP contribution in [0.5, 0.6) is 0 Å². The molecule has 0 spiro atoms. The smallest absolute Gasteiger partial charge is 0.245 e. The SMILES string of the molecule is C=C1OC(C)(C)OC(=C)C1=Cc1ccco1. The third-order valence-corrected chi connectivity index (χ3v) is 2.17. The predicted octanol–water partition coefficient (Wildman–Crippen LogP) is 3.47. The fourth-order valence-electron chi connectivity index (χ4n) is 1.56. The van der Waals surface area contributed by atoms with Crippen molar-refractivity contribution in [2.45, 2.75) is 19.6 Å². The van der Waals surface area contributed by atoms with Crippen molar-refractivity contribution in [3.8, 4) is 0 Å². The van der Waals surface area contributed by atoms with Gasteiger partial charge in [0.15, 0.2) is 0 Å². The Bertz CT molecular complexity index is 428. The van der Waals surface area contributed by atoms with Gasteiger partial charge in [-0.1, -0.05) is 13.2 Å². The van der Waals surface area contributed by atoms with Crippen LogP contribution in [0.25, 0.3) is 6.08 Å². The molecule has 1 aliphatic rings. The summed E-state index contributed by atoms with van der Waals surface area (Å²) in [5, 5.41) is 0. The summed E-state index contributed by atoms with van der Waals surface area (Å²) in [7, 11) is 0. The van der Waals surface area contributed by atoms with Crippen LogP contribution < -0.4 is 0 Å². The molecule has 0 aliphatic carbocycles. The van der Waals surface area contributed by atoms with Crippen LogP contribution >= 0.6 is 0 Å². The predicted molar refractivity (Wildman–Crippen MR) is 61.2 cm³/mol. The van der Waals surface area contributed by atoms with Crippen LogP contribution in [-0.4, -0.2) is 5.79 Å². The third kappa shape index (κ3) is 2.03. The van der Waals surface area contributed by atoms with Gasteiger partial charge in [0.25, 0.3) is 0 Å². The molecule has 3 heteroatoms. The first-order chi connectivity index (χ1) is 7.48. The molecule has 1 fully saturated rings. The van der Waals surface area contributed by atoms with Crippen molar-refractivity contribution in [1.29, 1.82) is 0 Å². The molecule has 0 aromatic carbocycles. The number of hydrogen-bond acceptors (Lipinski definition) is 3. The lowest BCUT2D eigenvalue weighted by atomic mass is 10.1. The molecular weight excluding hydrogens is 204 g/mol. The molecule has 1 aromatic rings. The molecule has 1 aromatic heterocycles. The van der Waals surface area contributed by atoms with Crippen LogP contribution in [0.4, 0.5) is 0 Å². The Morgan fingerprint density at radius 2 is 1.81 bits per heavy atom. The molecule has 0 radical (unpaired) electrons. The second kappa shape index (κ2) is 3.59. The molecule has 3 nitrogen and oxygen atoms in total. The maximum absolute atomic E-state index is 5.52. The monoisotopic (exact) mass is 218 g/mol. The largest absolute Gasteiger partial charge is 0.465 e. The lowest BCUT2D eigenvalue weighted by Gasteiger charge is -2.35. The molecule has 16 heavy (non-hydrogen) atoms. The summed E-state index contributed by atoms with van der Waals surface area (Å²) in [4.78, 5) is 0. The van der Waals surface area contributed by atoms with Crippen molar-refractivity contribution in [2.24, 2.45) is 0 Å². The van der Waals surface area contributed by atoms with Gasteiger partial charge in [0.2, 0.25) is 5.79 Å². The van der Waals surface area contributed by atoms with Crippen molar-refractivity contribution in [2.75, 3.05) is 0 Å². The summed E-state index contributed by atoms with van der Waals surface area (Å²) < 4.78 is 16.3. The number of hydrogen-bond donors (Lipinski definition) is 0. The van der Waals surface area contributed by atoms with Gasteiger partial charge in [-0.05, 0) is 18.2 Å². The first-order valence-electron chi connectivity index (χ1n) is 5.00. The Labute approximate surface area is 94.7 Å². The highest BCUT2D eigenvalue weighted by Crippen LogP contribution is 2.34. The molecule has 0 unspecified atom stereocenters. The lowest BCUT2D eigenvalue weighted by molar-refractivity contribution is -0.174. The molecule has 1 saturated heterocycles. The van der Waals surface area contributed by atoms with Crippen LogP contribution in [0.1, 0.15) is 19.6 Å². The zero-order valence-corrected chi connectivity index (χ0v) is 9.45. The van der Waals surface area contributed by atoms with Gasteiger partial charge < -0.3 is 13.9 Å². The summed E-state index contributed by atoms with van der Waals surface area (Å²) in [5.74, 6) is 1.08. The van der Waals surface area contributed by atoms with Crippen LogP contribution in [0.3, 0.4) is 0 Å². The molecule has 0 saturated carbocycles. The van der Waals surface area contributed by atoms with E-state index >= 15 is 0 Å². The Balaban J connectivity index is 2.30. The fourth-order valence-corrected chi connectivity index (χ4v) is 1.56. The second-order valence-corrected chi connectivity index (χ2v) is 4.02. The molecule has 0 atom stereocenters. The van der Waals surface area contributed by atoms with E-state index < -0.39 is 5.79 Å². The van der Waals surface area contributed by atoms with Crippen molar-refractivity contribution in [3.05, 3.63) is 54.4 Å². The summed E-state index contributed by atoms with van der Waals surface area (Å²) in [6.45, 7) is 11.3. The van der Waals surface area contributed by atoms with Gasteiger partial charge >= 0.3 is 0 Å². The zero-order valence-electron chi connectivity index (χ0n) is 9.45. The Morgan fingerprint density at radius 3 is 2.31 bits per heavy atom. The van der Waals surface area contributed by atoms with E-state index in [9.17, 15) is 0 Å². The summed E-state index contributed by atoms with van der Waals surface area (Å²) in [6, 6.07) is 3.65. The third-order valence-electron chi connectivity index (χ3n) is 2.17. The summed E-state index contributed by atoms with van der Waals surface area (Å²) in [6.07, 6.45) is 3.40. The minimum Gasteiger partial charge on any atom is -0.465 e. The molecule has 2 heterocycles. The highest BCUT2D eigenvalue weighted by molar-refractivity contribution is 5.59. The molecule has 84 valence electrons. The van der Waals surface area contributed by atoms with E-state index in [1.807, 2.05) is 26.0 Å². The highest BCUT2D eigenvalue weighted by atomic mass is 16.7. The van der Waals surface area contributed by atoms with Crippen molar-refractivity contribution in [3.63, 3.8) is 0 Å². The molecule has 2 rings (SSSR count). The van der Waals surface area contributed by atoms with Gasteiger partial charge in [-0.15, -0.1) is 0 Å². The van der Waals surface area contributed by atoms with Crippen molar-refractivity contribution in [1.82, 2.24) is 0 Å². The van der Waals surface area contributed by atoms with Gasteiger partial charge in [-0.3, -0.25) is 0 Å². The zero-order chi connectivity index (χ0) is 11.8. The average molecular weight is 218 g/mol. The second-order valence-electron chi connectivity index (χ2n) is 4.02. The van der Waals surface area contributed by atoms with E-state index in [1.54, 1.807) is 12.3 Å². The van der Waals surface area contributed by atoms with E-state index in [1.165, 1.54) is 0 Å². The maximum atomic E-state index is 5.52. The standard InChI is InChI=1S/C13H14O3/c1-9-12(8-11-6-5-7-14-11)10(2)16-13(3,4)15-9/h5-8H,1-2H2,3-4H3. The van der Waals surface area contributed by atoms with Gasteiger partial charge in [-0.25, -0.2) is 0 Å². The fraction of sp³-hybridized carbons (Fsp3) is 0.231. The van der Waals surface area contributed by atoms with Crippen LogP contribution in [0.15, 0.2) is 53.1 Å². The molecule has 0 bridgehead atoms. The Morgan fingerprint density at radius 1 is 1.19 bits per heavy atom. The normalized spacial score (nSPS) is 19.0. The molecule has 1 aliphatic heterocycles. The van der Waals surface area contributed by atoms with E-state index in [0.29, 0.717) is 22.9 Å². The number of furan rings is 1. The van der Waals surface area contributed by atoms with Gasteiger partial charge in [-0.2, -0.15) is 0 Å². The van der Waals surface area contributed by atoms with E-state index in [0.717, 1.165) is 0 Å². The van der Waals surface area contributed by atoms with E-state index in [-0.39, 0.29) is 0 Å². The number of ether oxygens (including phenoxy) is 2. The van der Waals surface area contributed by atoms with E-state index in [2.05, 4.69) is 13.2 Å². The Kier molecular flexibility index (Phi) is 2.38. The molecular formula is C13H14O3. The van der Waals surface area contributed by atoms with E-state index in [4.69, 9.17) is 13.9 Å². The van der Waals surface area contributed by atoms with Gasteiger partial charge in [0.05, 0.1) is 11.8 Å². The van der Waals surface area contributed by atoms with Gasteiger partial charge in [0, 0.05) is 13.8 Å². The first kappa shape index (κ1) is 10.6. The minimum atomic E-state index is -0.714. The quantitative estimate of drug-likeness (QED) is 0.723. The average Bonchev–Trinajstić information content (AvgIpc) is 2.62. The summed E-state index contributed by atoms with van der Waals surface area (Å²) >= 11 is 0. The summed E-state index contributed by atoms with van der Waals surface area (Å²) in [5.41, 5.74) is 0.717. The minimum absolute atomic E-state index is 0.539. The highest BCUT2D eigenvalue weighted by Gasteiger charge is 2.31. The topological polar surface area (TPSA) is 31.6 Å². The first-order valence-corrected chi connectivity index (χ1v) is 5.00. The van der Waals surface area contributed by atoms with Gasteiger partial charge in [0.1, 0.15) is 17.3 Å². The van der Waals surface area contributed by atoms with Crippen LogP contribution in [0.2, 0.25) is 0 Å².